The summed E-state index contributed by atoms with van der Waals surface area (Å²) in [6, 6.07) is 30.2. The third-order valence-electron chi connectivity index (χ3n) is 7.30. The molecule has 4 aromatic carbocycles. The predicted octanol–water partition coefficient (Wildman–Crippen LogP) is 6.35. The van der Waals surface area contributed by atoms with Gasteiger partial charge < -0.3 is 15.0 Å². The zero-order valence-electron chi connectivity index (χ0n) is 26.3. The predicted molar refractivity (Wildman–Crippen MR) is 182 cm³/mol. The second-order valence-electron chi connectivity index (χ2n) is 11.2. The maximum atomic E-state index is 14.6. The van der Waals surface area contributed by atoms with Crippen molar-refractivity contribution in [3.05, 3.63) is 125 Å². The zero-order valence-corrected chi connectivity index (χ0v) is 27.9. The first-order valence-corrected chi connectivity index (χ1v) is 17.1. The molecule has 0 radical (unpaired) electrons. The first-order valence-electron chi connectivity index (χ1n) is 15.3. The van der Waals surface area contributed by atoms with E-state index < -0.39 is 28.5 Å². The molecular weight excluding hydrogens is 622 g/mol. The summed E-state index contributed by atoms with van der Waals surface area (Å²) in [5.74, 6) is -0.433. The molecule has 8 nitrogen and oxygen atoms in total. The van der Waals surface area contributed by atoms with E-state index >= 15 is 0 Å². The number of anilines is 1. The molecular formula is C36H40ClN3O5S. The van der Waals surface area contributed by atoms with Crippen molar-refractivity contribution in [3.63, 3.8) is 0 Å². The van der Waals surface area contributed by atoms with Crippen molar-refractivity contribution in [2.45, 2.75) is 44.7 Å². The molecule has 0 aliphatic carbocycles. The Morgan fingerprint density at radius 1 is 0.848 bits per heavy atom. The molecule has 2 amide bonds. The van der Waals surface area contributed by atoms with Gasteiger partial charge in [-0.2, -0.15) is 0 Å². The van der Waals surface area contributed by atoms with Crippen LogP contribution in [0.2, 0.25) is 5.02 Å². The molecule has 10 heteroatoms. The van der Waals surface area contributed by atoms with Gasteiger partial charge in [-0.05, 0) is 54.3 Å². The van der Waals surface area contributed by atoms with Gasteiger partial charge in [-0.15, -0.1) is 0 Å². The molecule has 0 saturated carbocycles. The zero-order chi connectivity index (χ0) is 33.1. The number of carbonyl (C=O) groups excluding carboxylic acids is 2. The smallest absolute Gasteiger partial charge is 0.264 e. The molecule has 4 aromatic rings. The summed E-state index contributed by atoms with van der Waals surface area (Å²) in [6.45, 7) is 5.87. The van der Waals surface area contributed by atoms with Crippen LogP contribution in [0.3, 0.4) is 0 Å². The second-order valence-corrected chi connectivity index (χ2v) is 13.5. The number of rotatable bonds is 15. The van der Waals surface area contributed by atoms with Crippen LogP contribution in [0, 0.1) is 5.92 Å². The number of hydrogen-bond donors (Lipinski definition) is 1. The molecule has 1 N–H and O–H groups in total. The lowest BCUT2D eigenvalue weighted by atomic mass is 10.0. The van der Waals surface area contributed by atoms with Gasteiger partial charge in [0.05, 0.1) is 17.2 Å². The number of ether oxygens (including phenoxy) is 1. The van der Waals surface area contributed by atoms with Crippen LogP contribution in [0.25, 0.3) is 0 Å². The van der Waals surface area contributed by atoms with Gasteiger partial charge >= 0.3 is 0 Å². The van der Waals surface area contributed by atoms with Crippen molar-refractivity contribution in [2.75, 3.05) is 24.0 Å². The lowest BCUT2D eigenvalue weighted by molar-refractivity contribution is -0.140. The van der Waals surface area contributed by atoms with Gasteiger partial charge in [-0.1, -0.05) is 104 Å². The molecule has 0 fully saturated rings. The standard InChI is InChI=1S/C36H40ClN3O5S/c1-4-45-34-22-14-13-21-32(34)40(46(43,44)30-18-9-6-10-19-30)26-35(41)39(25-29-17-11-12-20-31(29)37)33(36(42)38-24-27(2)3)23-28-15-7-5-8-16-28/h5-22,27,33H,4,23-26H2,1-3H3,(H,38,42)/t33-/m1/s1. The van der Waals surface area contributed by atoms with E-state index in [4.69, 9.17) is 16.3 Å². The number of para-hydroxylation sites is 2. The molecule has 0 aliphatic rings. The van der Waals surface area contributed by atoms with Gasteiger partial charge in [0.25, 0.3) is 10.0 Å². The van der Waals surface area contributed by atoms with Gasteiger partial charge in [0.15, 0.2) is 0 Å². The Balaban J connectivity index is 1.83. The van der Waals surface area contributed by atoms with E-state index in [0.29, 0.717) is 22.9 Å². The van der Waals surface area contributed by atoms with E-state index in [1.54, 1.807) is 73.7 Å². The summed E-state index contributed by atoms with van der Waals surface area (Å²) in [5, 5.41) is 3.42. The van der Waals surface area contributed by atoms with Crippen molar-refractivity contribution in [1.29, 1.82) is 0 Å². The Bertz CT molecular complexity index is 1700. The molecule has 0 heterocycles. The Kier molecular flexibility index (Phi) is 12.2. The number of amides is 2. The van der Waals surface area contributed by atoms with Crippen LogP contribution >= 0.6 is 11.6 Å². The van der Waals surface area contributed by atoms with Gasteiger partial charge in [0.1, 0.15) is 18.3 Å². The highest BCUT2D eigenvalue weighted by Crippen LogP contribution is 2.33. The Hall–Kier alpha value is -4.34. The number of halogens is 1. The minimum atomic E-state index is -4.25. The molecule has 0 saturated heterocycles. The van der Waals surface area contributed by atoms with Crippen molar-refractivity contribution >= 4 is 39.1 Å². The van der Waals surface area contributed by atoms with E-state index in [0.717, 1.165) is 9.87 Å². The summed E-state index contributed by atoms with van der Waals surface area (Å²) in [4.78, 5) is 30.0. The summed E-state index contributed by atoms with van der Waals surface area (Å²) >= 11 is 6.57. The van der Waals surface area contributed by atoms with Crippen LogP contribution in [-0.2, 0) is 32.6 Å². The maximum absolute atomic E-state index is 14.6. The lowest BCUT2D eigenvalue weighted by Crippen LogP contribution is -2.53. The first kappa shape index (κ1) is 34.5. The van der Waals surface area contributed by atoms with Gasteiger partial charge in [-0.3, -0.25) is 13.9 Å². The fourth-order valence-electron chi connectivity index (χ4n) is 4.96. The summed E-state index contributed by atoms with van der Waals surface area (Å²) in [6.07, 6.45) is 0.210. The van der Waals surface area contributed by atoms with Crippen molar-refractivity contribution < 1.29 is 22.7 Å². The molecule has 0 spiro atoms. The number of carbonyl (C=O) groups is 2. The second kappa shape index (κ2) is 16.3. The summed E-state index contributed by atoms with van der Waals surface area (Å²) < 4.78 is 35.3. The van der Waals surface area contributed by atoms with Crippen LogP contribution in [0.4, 0.5) is 5.69 Å². The molecule has 4 rings (SSSR count). The Labute approximate surface area is 277 Å². The quantitative estimate of drug-likeness (QED) is 0.160. The average molecular weight is 662 g/mol. The third-order valence-corrected chi connectivity index (χ3v) is 9.44. The number of hydrogen-bond acceptors (Lipinski definition) is 5. The largest absolute Gasteiger partial charge is 0.492 e. The first-order chi connectivity index (χ1) is 22.1. The van der Waals surface area contributed by atoms with Crippen LogP contribution < -0.4 is 14.4 Å². The van der Waals surface area contributed by atoms with Crippen LogP contribution in [0.5, 0.6) is 5.75 Å². The number of benzene rings is 4. The minimum absolute atomic E-state index is 0.0160. The highest BCUT2D eigenvalue weighted by Gasteiger charge is 2.35. The SMILES string of the molecule is CCOc1ccccc1N(CC(=O)N(Cc1ccccc1Cl)[C@H](Cc1ccccc1)C(=O)NCC(C)C)S(=O)(=O)c1ccccc1. The van der Waals surface area contributed by atoms with Crippen LogP contribution in [-0.4, -0.2) is 50.9 Å². The molecule has 0 aliphatic heterocycles. The van der Waals surface area contributed by atoms with Gasteiger partial charge in [0, 0.05) is 24.5 Å². The average Bonchev–Trinajstić information content (AvgIpc) is 3.06. The minimum Gasteiger partial charge on any atom is -0.492 e. The molecule has 0 bridgehead atoms. The molecule has 46 heavy (non-hydrogen) atoms. The molecule has 0 unspecified atom stereocenters. The topological polar surface area (TPSA) is 96.0 Å². The maximum Gasteiger partial charge on any atom is 0.264 e. The molecule has 242 valence electrons. The van der Waals surface area contributed by atoms with Gasteiger partial charge in [0.2, 0.25) is 11.8 Å². The number of nitrogens with zero attached hydrogens (tertiary/aromatic N) is 2. The number of sulfonamides is 1. The van der Waals surface area contributed by atoms with E-state index in [2.05, 4.69) is 5.32 Å². The fraction of sp³-hybridized carbons (Fsp3) is 0.278. The normalized spacial score (nSPS) is 11.9. The van der Waals surface area contributed by atoms with Crippen LogP contribution in [0.1, 0.15) is 31.9 Å². The van der Waals surface area contributed by atoms with Crippen molar-refractivity contribution in [1.82, 2.24) is 10.2 Å². The van der Waals surface area contributed by atoms with Gasteiger partial charge in [-0.25, -0.2) is 8.42 Å². The van der Waals surface area contributed by atoms with E-state index in [1.807, 2.05) is 44.2 Å². The van der Waals surface area contributed by atoms with E-state index in [1.165, 1.54) is 17.0 Å². The van der Waals surface area contributed by atoms with Crippen molar-refractivity contribution in [2.24, 2.45) is 5.92 Å². The van der Waals surface area contributed by atoms with E-state index in [-0.39, 0.29) is 42.0 Å². The monoisotopic (exact) mass is 661 g/mol. The third kappa shape index (κ3) is 8.89. The highest BCUT2D eigenvalue weighted by atomic mass is 35.5. The Morgan fingerprint density at radius 2 is 1.46 bits per heavy atom. The Morgan fingerprint density at radius 3 is 2.11 bits per heavy atom. The summed E-state index contributed by atoms with van der Waals surface area (Å²) in [7, 11) is -4.25. The molecule has 1 atom stereocenters. The fourth-order valence-corrected chi connectivity index (χ4v) is 6.60. The molecule has 0 aromatic heterocycles. The van der Waals surface area contributed by atoms with Crippen LogP contribution in [0.15, 0.2) is 114 Å². The lowest BCUT2D eigenvalue weighted by Gasteiger charge is -2.34. The summed E-state index contributed by atoms with van der Waals surface area (Å²) in [5.41, 5.74) is 1.68. The number of nitrogens with one attached hydrogen (secondary N) is 1. The highest BCUT2D eigenvalue weighted by molar-refractivity contribution is 7.92. The van der Waals surface area contributed by atoms with Crippen molar-refractivity contribution in [3.8, 4) is 5.75 Å². The van der Waals surface area contributed by atoms with E-state index in [9.17, 15) is 18.0 Å².